The van der Waals surface area contributed by atoms with Gasteiger partial charge >= 0.3 is 6.18 Å². The van der Waals surface area contributed by atoms with Crippen molar-refractivity contribution < 1.29 is 27.1 Å². The molecule has 0 bridgehead atoms. The number of fused-ring (bicyclic) bond motifs is 1. The van der Waals surface area contributed by atoms with Crippen molar-refractivity contribution in [2.24, 2.45) is 5.92 Å². The molecule has 31 heavy (non-hydrogen) atoms. The Labute approximate surface area is 178 Å². The van der Waals surface area contributed by atoms with Crippen LogP contribution in [0.15, 0.2) is 4.79 Å². The van der Waals surface area contributed by atoms with Gasteiger partial charge in [-0.3, -0.25) is 14.2 Å². The molecule has 3 heterocycles. The molecule has 1 aromatic heterocycles. The molecule has 0 aromatic carbocycles. The summed E-state index contributed by atoms with van der Waals surface area (Å²) in [5.74, 6) is -2.46. The van der Waals surface area contributed by atoms with E-state index in [2.05, 4.69) is 4.98 Å². The summed E-state index contributed by atoms with van der Waals surface area (Å²) in [5, 5.41) is 0. The van der Waals surface area contributed by atoms with Crippen LogP contribution in [0.1, 0.15) is 40.0 Å². The lowest BCUT2D eigenvalue weighted by Crippen LogP contribution is -2.55. The molecule has 11 heteroatoms. The molecule has 0 unspecified atom stereocenters. The minimum absolute atomic E-state index is 0.253. The van der Waals surface area contributed by atoms with Crippen LogP contribution in [0.4, 0.5) is 29.3 Å². The highest BCUT2D eigenvalue weighted by atomic mass is 19.4. The van der Waals surface area contributed by atoms with Crippen LogP contribution < -0.4 is 15.4 Å². The van der Waals surface area contributed by atoms with Crippen molar-refractivity contribution in [3.05, 3.63) is 16.2 Å². The number of anilines is 2. The Hall–Kier alpha value is -2.17. The van der Waals surface area contributed by atoms with E-state index >= 15 is 0 Å². The van der Waals surface area contributed by atoms with Crippen LogP contribution in [-0.4, -0.2) is 59.9 Å². The number of morpholine rings is 1. The second-order valence-corrected chi connectivity index (χ2v) is 8.08. The fourth-order valence-electron chi connectivity index (χ4n) is 4.27. The van der Waals surface area contributed by atoms with E-state index in [1.165, 1.54) is 4.90 Å². The fraction of sp³-hybridized carbons (Fsp3) is 0.750. The molecular weight excluding hydrogens is 420 g/mol. The van der Waals surface area contributed by atoms with Gasteiger partial charge in [0.2, 0.25) is 11.8 Å². The normalized spacial score (nSPS) is 22.1. The van der Waals surface area contributed by atoms with Crippen LogP contribution >= 0.6 is 0 Å². The first-order valence-electron chi connectivity index (χ1n) is 10.6. The second-order valence-electron chi connectivity index (χ2n) is 8.08. The maximum atomic E-state index is 14.9. The Morgan fingerprint density at radius 3 is 2.52 bits per heavy atom. The lowest BCUT2D eigenvalue weighted by atomic mass is 9.97. The van der Waals surface area contributed by atoms with Crippen LogP contribution in [0, 0.1) is 11.7 Å². The number of carbonyl (C=O) groups excluding carboxylic acids is 1. The van der Waals surface area contributed by atoms with Crippen LogP contribution in [0.5, 0.6) is 0 Å². The maximum absolute atomic E-state index is 14.9. The molecule has 0 N–H and O–H groups in total. The van der Waals surface area contributed by atoms with E-state index in [0.29, 0.717) is 12.8 Å². The quantitative estimate of drug-likeness (QED) is 0.624. The van der Waals surface area contributed by atoms with Crippen molar-refractivity contribution in [3.8, 4) is 0 Å². The summed E-state index contributed by atoms with van der Waals surface area (Å²) in [4.78, 5) is 32.0. The van der Waals surface area contributed by atoms with Gasteiger partial charge < -0.3 is 14.5 Å². The number of Topliss-reactive ketones (excluding diaryl/α,β-unsaturated/α-hetero) is 1. The van der Waals surface area contributed by atoms with Crippen LogP contribution in [-0.2, 0) is 16.1 Å². The lowest BCUT2D eigenvalue weighted by Gasteiger charge is -2.40. The number of aromatic nitrogens is 2. The molecule has 7 nitrogen and oxygen atoms in total. The Morgan fingerprint density at radius 1 is 1.26 bits per heavy atom. The summed E-state index contributed by atoms with van der Waals surface area (Å²) in [6, 6.07) is -2.28. The first-order valence-corrected chi connectivity index (χ1v) is 10.6. The second kappa shape index (κ2) is 9.13. The molecule has 2 atom stereocenters. The smallest absolute Gasteiger partial charge is 0.377 e. The van der Waals surface area contributed by atoms with Gasteiger partial charge in [-0.15, -0.1) is 0 Å². The number of rotatable bonds is 6. The topological polar surface area (TPSA) is 67.7 Å². The summed E-state index contributed by atoms with van der Waals surface area (Å²) in [5.41, 5.74) is -1.03. The number of hydrogen-bond acceptors (Lipinski definition) is 6. The van der Waals surface area contributed by atoms with Gasteiger partial charge in [0.05, 0.1) is 25.8 Å². The Morgan fingerprint density at radius 2 is 1.94 bits per heavy atom. The first-order chi connectivity index (χ1) is 14.6. The molecule has 2 aliphatic rings. The average molecular weight is 448 g/mol. The summed E-state index contributed by atoms with van der Waals surface area (Å²) in [7, 11) is 0. The van der Waals surface area contributed by atoms with Crippen molar-refractivity contribution >= 4 is 17.5 Å². The van der Waals surface area contributed by atoms with Crippen molar-refractivity contribution in [2.45, 2.75) is 64.8 Å². The maximum Gasteiger partial charge on any atom is 0.408 e. The predicted octanol–water partition coefficient (Wildman–Crippen LogP) is 2.75. The van der Waals surface area contributed by atoms with Crippen LogP contribution in [0.2, 0.25) is 0 Å². The largest absolute Gasteiger partial charge is 0.408 e. The molecule has 3 rings (SSSR count). The summed E-state index contributed by atoms with van der Waals surface area (Å²) in [6.45, 7) is 5.31. The van der Waals surface area contributed by atoms with Crippen molar-refractivity contribution in [1.29, 1.82) is 0 Å². The number of nitrogens with zero attached hydrogens (tertiary/aromatic N) is 4. The van der Waals surface area contributed by atoms with Gasteiger partial charge in [0.25, 0.3) is 5.56 Å². The number of carbonyl (C=O) groups is 1. The monoisotopic (exact) mass is 448 g/mol. The fourth-order valence-corrected chi connectivity index (χ4v) is 4.27. The number of hydrogen-bond donors (Lipinski definition) is 0. The Balaban J connectivity index is 2.10. The Bertz CT molecular complexity index is 869. The van der Waals surface area contributed by atoms with Gasteiger partial charge in [-0.25, -0.2) is 0 Å². The van der Waals surface area contributed by atoms with Gasteiger partial charge in [0, 0.05) is 19.0 Å². The highest BCUT2D eigenvalue weighted by molar-refractivity contribution is 5.85. The minimum Gasteiger partial charge on any atom is -0.377 e. The molecule has 2 aliphatic heterocycles. The highest BCUT2D eigenvalue weighted by Crippen LogP contribution is 2.35. The third-order valence-corrected chi connectivity index (χ3v) is 6.12. The molecule has 174 valence electrons. The molecule has 1 aromatic rings. The molecule has 0 radical (unpaired) electrons. The van der Waals surface area contributed by atoms with Gasteiger partial charge in [-0.05, 0) is 26.2 Å². The van der Waals surface area contributed by atoms with Crippen LogP contribution in [0.25, 0.3) is 0 Å². The van der Waals surface area contributed by atoms with E-state index in [0.717, 1.165) is 9.47 Å². The van der Waals surface area contributed by atoms with Crippen molar-refractivity contribution in [1.82, 2.24) is 9.55 Å². The minimum atomic E-state index is -4.63. The molecule has 1 fully saturated rings. The van der Waals surface area contributed by atoms with E-state index in [-0.39, 0.29) is 49.9 Å². The van der Waals surface area contributed by atoms with Gasteiger partial charge in [-0.1, -0.05) is 13.8 Å². The lowest BCUT2D eigenvalue weighted by molar-refractivity contribution is -0.153. The molecule has 0 spiro atoms. The number of alkyl halides is 3. The van der Waals surface area contributed by atoms with E-state index in [1.54, 1.807) is 20.8 Å². The molecule has 0 amide bonds. The zero-order valence-electron chi connectivity index (χ0n) is 17.9. The van der Waals surface area contributed by atoms with E-state index in [9.17, 15) is 27.2 Å². The molecule has 0 aliphatic carbocycles. The van der Waals surface area contributed by atoms with Crippen LogP contribution in [0.3, 0.4) is 0 Å². The Kier molecular flexibility index (Phi) is 6.92. The zero-order valence-corrected chi connectivity index (χ0v) is 17.9. The molecule has 0 saturated carbocycles. The summed E-state index contributed by atoms with van der Waals surface area (Å²) < 4.78 is 62.6. The number of ketones is 1. The van der Waals surface area contributed by atoms with Gasteiger partial charge in [-0.2, -0.15) is 22.5 Å². The first kappa shape index (κ1) is 23.5. The van der Waals surface area contributed by atoms with E-state index in [1.807, 2.05) is 0 Å². The summed E-state index contributed by atoms with van der Waals surface area (Å²) in [6.07, 6.45) is -4.08. The number of halogens is 4. The SMILES string of the molecule is CCC(CC)C(=O)CN1c2nc(N3CCOC[C@H]3C)c(F)c(=O)n2CC[C@H]1C(F)(F)F. The molecule has 1 saturated heterocycles. The zero-order chi connectivity index (χ0) is 22.9. The van der Waals surface area contributed by atoms with E-state index < -0.39 is 42.5 Å². The third kappa shape index (κ3) is 4.56. The van der Waals surface area contributed by atoms with Crippen molar-refractivity contribution in [2.75, 3.05) is 36.1 Å². The van der Waals surface area contributed by atoms with E-state index in [4.69, 9.17) is 4.74 Å². The van der Waals surface area contributed by atoms with Gasteiger partial charge in [0.15, 0.2) is 11.6 Å². The number of ether oxygens (including phenoxy) is 1. The summed E-state index contributed by atoms with van der Waals surface area (Å²) >= 11 is 0. The van der Waals surface area contributed by atoms with Crippen molar-refractivity contribution in [3.63, 3.8) is 0 Å². The highest BCUT2D eigenvalue weighted by Gasteiger charge is 2.48. The standard InChI is InChI=1S/C20H28F4N4O3/c1-4-13(5-2)14(29)10-28-15(20(22,23)24)6-7-27-18(30)16(21)17(25-19(27)28)26-8-9-31-11-12(26)3/h12-13,15H,4-11H2,1-3H3/t12-,15+/m1/s1. The average Bonchev–Trinajstić information content (AvgIpc) is 2.71. The van der Waals surface area contributed by atoms with Gasteiger partial charge in [0.1, 0.15) is 6.04 Å². The third-order valence-electron chi connectivity index (χ3n) is 6.12. The predicted molar refractivity (Wildman–Crippen MR) is 107 cm³/mol. The molecular formula is C20H28F4N4O3.